The van der Waals surface area contributed by atoms with Gasteiger partial charge in [-0.1, -0.05) is 8.25 Å². The molecule has 0 aromatic heterocycles. The van der Waals surface area contributed by atoms with E-state index in [2.05, 4.69) is 21.1 Å². The Morgan fingerprint density at radius 2 is 1.22 bits per heavy atom. The molecule has 0 saturated heterocycles. The van der Waals surface area contributed by atoms with Gasteiger partial charge in [-0.15, -0.1) is 0 Å². The number of hydrogen-bond acceptors (Lipinski definition) is 3. The fourth-order valence-corrected chi connectivity index (χ4v) is 0. The van der Waals surface area contributed by atoms with Gasteiger partial charge in [-0.25, -0.2) is 0 Å². The Balaban J connectivity index is -0.0000000720. The van der Waals surface area contributed by atoms with Crippen molar-refractivity contribution >= 4 is 8.25 Å². The molecule has 4 nitrogen and oxygen atoms in total. The van der Waals surface area contributed by atoms with Crippen LogP contribution in [0.2, 0.25) is 0 Å². The Kier molecular flexibility index (Phi) is 20.7. The molecule has 0 bridgehead atoms. The largest absolute Gasteiger partial charge is 1.00 e. The summed E-state index contributed by atoms with van der Waals surface area (Å²) >= 11 is 0. The summed E-state index contributed by atoms with van der Waals surface area (Å²) in [6.45, 7) is 0. The van der Waals surface area contributed by atoms with Crippen molar-refractivity contribution < 1.29 is 35.7 Å². The summed E-state index contributed by atoms with van der Waals surface area (Å²) in [6.07, 6.45) is 0. The molecule has 0 aromatic rings. The molecule has 9 heavy (non-hydrogen) atoms. The SMILES string of the molecule is C[NH+](C)C.O=[PH]([O-])[O-].[Ni+]. The summed E-state index contributed by atoms with van der Waals surface area (Å²) in [5, 5.41) is 0. The third-order valence-corrected chi connectivity index (χ3v) is 0. The molecule has 0 rings (SSSR count). The zero-order chi connectivity index (χ0) is 7.15. The van der Waals surface area contributed by atoms with Gasteiger partial charge in [0, 0.05) is 0 Å². The first-order chi connectivity index (χ1) is 3.46. The van der Waals surface area contributed by atoms with Gasteiger partial charge in [0.1, 0.15) is 0 Å². The van der Waals surface area contributed by atoms with Gasteiger partial charge >= 0.3 is 16.5 Å². The predicted octanol–water partition coefficient (Wildman–Crippen LogP) is -3.15. The molecule has 0 unspecified atom stereocenters. The average molecular weight is 199 g/mol. The van der Waals surface area contributed by atoms with Crippen molar-refractivity contribution in [3.63, 3.8) is 0 Å². The number of nitrogens with one attached hydrogen (secondary N) is 1. The monoisotopic (exact) mass is 198 g/mol. The minimum Gasteiger partial charge on any atom is -0.813 e. The quantitative estimate of drug-likeness (QED) is 0.331. The summed E-state index contributed by atoms with van der Waals surface area (Å²) in [6, 6.07) is 0. The van der Waals surface area contributed by atoms with Crippen molar-refractivity contribution in [1.82, 2.24) is 0 Å². The molecule has 0 fully saturated rings. The number of quaternary nitrogens is 1. The summed E-state index contributed by atoms with van der Waals surface area (Å²) in [7, 11) is 2.62. The molecule has 0 aromatic carbocycles. The van der Waals surface area contributed by atoms with Crippen LogP contribution < -0.4 is 14.7 Å². The van der Waals surface area contributed by atoms with Crippen LogP contribution in [0.5, 0.6) is 0 Å². The first kappa shape index (κ1) is 16.3. The Morgan fingerprint density at radius 1 is 1.22 bits per heavy atom. The van der Waals surface area contributed by atoms with Crippen LogP contribution in [0, 0.1) is 0 Å². The number of hydrogen-bond donors (Lipinski definition) is 1. The molecule has 0 aliphatic heterocycles. The summed E-state index contributed by atoms with van der Waals surface area (Å²) in [5.74, 6) is 0. The Bertz CT molecular complexity index is 63.3. The third-order valence-electron chi connectivity index (χ3n) is 0. The minimum absolute atomic E-state index is 0. The molecule has 0 spiro atoms. The van der Waals surface area contributed by atoms with Crippen molar-refractivity contribution in [3.05, 3.63) is 0 Å². The fourth-order valence-electron chi connectivity index (χ4n) is 0. The molecule has 61 valence electrons. The van der Waals surface area contributed by atoms with Gasteiger partial charge in [0.05, 0.1) is 21.1 Å². The topological polar surface area (TPSA) is 67.6 Å². The van der Waals surface area contributed by atoms with Gasteiger partial charge in [-0.2, -0.15) is 0 Å². The maximum Gasteiger partial charge on any atom is 1.00 e. The van der Waals surface area contributed by atoms with Crippen LogP contribution in [0.1, 0.15) is 0 Å². The first-order valence-electron chi connectivity index (χ1n) is 2.11. The summed E-state index contributed by atoms with van der Waals surface area (Å²) < 4.78 is 8.52. The van der Waals surface area contributed by atoms with E-state index in [0.29, 0.717) is 0 Å². The molecule has 0 amide bonds. The van der Waals surface area contributed by atoms with E-state index in [1.165, 1.54) is 4.90 Å². The molecule has 0 saturated carbocycles. The molecule has 0 atom stereocenters. The Hall–Kier alpha value is 0.604. The average Bonchev–Trinajstić information content (AvgIpc) is 1.25. The molecule has 0 aliphatic carbocycles. The second-order valence-electron chi connectivity index (χ2n) is 1.75. The van der Waals surface area contributed by atoms with Crippen LogP contribution in [-0.2, 0) is 21.1 Å². The standard InChI is InChI=1S/C3H9N.Ni.H3O3P/c1-4(2)3;;1-4(2)3/h1-3H3;;4H,(H2,1,2,3)/q;+1;/p-1. The Labute approximate surface area is 65.7 Å². The summed E-state index contributed by atoms with van der Waals surface area (Å²) in [4.78, 5) is 18.5. The molecule has 0 aliphatic rings. The van der Waals surface area contributed by atoms with Crippen molar-refractivity contribution in [2.75, 3.05) is 21.1 Å². The fraction of sp³-hybridized carbons (Fsp3) is 1.00. The normalized spacial score (nSPS) is 7.89. The van der Waals surface area contributed by atoms with Crippen molar-refractivity contribution in [1.29, 1.82) is 0 Å². The van der Waals surface area contributed by atoms with E-state index in [4.69, 9.17) is 14.4 Å². The van der Waals surface area contributed by atoms with Crippen LogP contribution >= 0.6 is 8.25 Å². The van der Waals surface area contributed by atoms with Crippen molar-refractivity contribution in [3.8, 4) is 0 Å². The van der Waals surface area contributed by atoms with Gasteiger partial charge in [0.15, 0.2) is 0 Å². The zero-order valence-electron chi connectivity index (χ0n) is 5.54. The second-order valence-corrected chi connectivity index (χ2v) is 2.25. The predicted molar refractivity (Wildman–Crippen MR) is 27.7 cm³/mol. The molecular weight excluding hydrogens is 188 g/mol. The maximum atomic E-state index is 8.52. The van der Waals surface area contributed by atoms with E-state index in [1.807, 2.05) is 0 Å². The van der Waals surface area contributed by atoms with E-state index < -0.39 is 8.25 Å². The van der Waals surface area contributed by atoms with Crippen molar-refractivity contribution in [2.24, 2.45) is 0 Å². The van der Waals surface area contributed by atoms with Gasteiger partial charge in [0.2, 0.25) is 0 Å². The van der Waals surface area contributed by atoms with Crippen LogP contribution in [0.3, 0.4) is 0 Å². The zero-order valence-corrected chi connectivity index (χ0v) is 7.53. The number of rotatable bonds is 0. The molecule has 1 radical (unpaired) electrons. The van der Waals surface area contributed by atoms with Crippen LogP contribution in [-0.4, -0.2) is 21.1 Å². The van der Waals surface area contributed by atoms with Crippen LogP contribution in [0.15, 0.2) is 0 Å². The first-order valence-corrected chi connectivity index (χ1v) is 3.34. The smallest absolute Gasteiger partial charge is 0.813 e. The minimum atomic E-state index is -3.63. The van der Waals surface area contributed by atoms with Gasteiger partial charge in [-0.05, 0) is 0 Å². The van der Waals surface area contributed by atoms with E-state index in [9.17, 15) is 0 Å². The molecule has 0 heterocycles. The molecular formula is C3H11NNiO3P. The van der Waals surface area contributed by atoms with E-state index in [0.717, 1.165) is 0 Å². The van der Waals surface area contributed by atoms with Gasteiger partial charge in [0.25, 0.3) is 0 Å². The molecule has 6 heteroatoms. The van der Waals surface area contributed by atoms with Gasteiger partial charge in [-0.3, -0.25) is 0 Å². The maximum absolute atomic E-state index is 8.52. The Morgan fingerprint density at radius 3 is 1.22 bits per heavy atom. The summed E-state index contributed by atoms with van der Waals surface area (Å²) in [5.41, 5.74) is 0. The van der Waals surface area contributed by atoms with E-state index in [-0.39, 0.29) is 16.5 Å². The van der Waals surface area contributed by atoms with Crippen molar-refractivity contribution in [2.45, 2.75) is 0 Å². The molecule has 1 N–H and O–H groups in total. The van der Waals surface area contributed by atoms with Crippen LogP contribution in [0.4, 0.5) is 0 Å². The van der Waals surface area contributed by atoms with Crippen LogP contribution in [0.25, 0.3) is 0 Å². The van der Waals surface area contributed by atoms with Gasteiger partial charge < -0.3 is 19.3 Å². The second kappa shape index (κ2) is 11.4. The van der Waals surface area contributed by atoms with E-state index >= 15 is 0 Å². The third kappa shape index (κ3) is 1030. The van der Waals surface area contributed by atoms with E-state index in [1.54, 1.807) is 0 Å².